The molecule has 9 nitrogen and oxygen atoms in total. The molecule has 11 heteroatoms. The lowest BCUT2D eigenvalue weighted by Crippen LogP contribution is -2.30. The molecule has 3 N–H and O–H groups in total. The monoisotopic (exact) mass is 505 g/mol. The molecule has 1 amide bonds. The van der Waals surface area contributed by atoms with E-state index in [4.69, 9.17) is 37.7 Å². The van der Waals surface area contributed by atoms with E-state index in [9.17, 15) is 9.90 Å². The quantitative estimate of drug-likeness (QED) is 0.333. The Kier molecular flexibility index (Phi) is 7.45. The molecule has 1 fully saturated rings. The molecule has 0 bridgehead atoms. The second-order valence-electron chi connectivity index (χ2n) is 7.90. The highest BCUT2D eigenvalue weighted by molar-refractivity contribution is 6.42. The Morgan fingerprint density at radius 2 is 1.97 bits per heavy atom. The van der Waals surface area contributed by atoms with Crippen LogP contribution in [0.2, 0.25) is 10.0 Å². The number of amides is 1. The number of phenolic OH excluding ortho intramolecular Hbond substituents is 1. The molecule has 2 aromatic carbocycles. The van der Waals surface area contributed by atoms with Crippen LogP contribution in [0.4, 0.5) is 0 Å². The van der Waals surface area contributed by atoms with Gasteiger partial charge in [0.2, 0.25) is 5.75 Å². The number of ether oxygens (including phenoxy) is 2. The predicted octanol–water partition coefficient (Wildman–Crippen LogP) is 3.68. The number of phenols is 1. The van der Waals surface area contributed by atoms with Crippen LogP contribution in [-0.2, 0) is 11.3 Å². The van der Waals surface area contributed by atoms with Crippen molar-refractivity contribution in [1.82, 2.24) is 20.3 Å². The zero-order chi connectivity index (χ0) is 24.2. The summed E-state index contributed by atoms with van der Waals surface area (Å²) in [5.41, 5.74) is 4.50. The number of hydrazone groups is 1. The summed E-state index contributed by atoms with van der Waals surface area (Å²) in [6, 6.07) is 6.56. The van der Waals surface area contributed by atoms with E-state index in [-0.39, 0.29) is 29.9 Å². The average Bonchev–Trinajstić information content (AvgIpc) is 3.16. The number of carbonyl (C=O) groups is 1. The third kappa shape index (κ3) is 5.06. The Balaban J connectivity index is 1.55. The molecule has 1 aromatic heterocycles. The van der Waals surface area contributed by atoms with E-state index in [1.165, 1.54) is 26.5 Å². The predicted molar refractivity (Wildman–Crippen MR) is 132 cm³/mol. The first-order chi connectivity index (χ1) is 16.4. The number of rotatable bonds is 7. The number of halogens is 2. The molecule has 0 atom stereocenters. The van der Waals surface area contributed by atoms with Gasteiger partial charge in [0.25, 0.3) is 5.91 Å². The minimum atomic E-state index is -0.332. The maximum absolute atomic E-state index is 12.8. The highest BCUT2D eigenvalue weighted by Crippen LogP contribution is 2.37. The molecule has 1 aliphatic rings. The van der Waals surface area contributed by atoms with E-state index < -0.39 is 0 Å². The lowest BCUT2D eigenvalue weighted by molar-refractivity contribution is -0.121. The molecule has 0 spiro atoms. The SMILES string of the molecule is COc1cc(/C=N/NC(=O)Cn2c(C3CCNCC3)nc3cc(Cl)c(Cl)cc32)cc(O)c1OC. The lowest BCUT2D eigenvalue weighted by atomic mass is 9.97. The number of hydrogen-bond acceptors (Lipinski definition) is 7. The normalized spacial score (nSPS) is 14.6. The van der Waals surface area contributed by atoms with E-state index in [1.807, 2.05) is 4.57 Å². The third-order valence-electron chi connectivity index (χ3n) is 5.71. The van der Waals surface area contributed by atoms with Crippen molar-refractivity contribution in [3.63, 3.8) is 0 Å². The van der Waals surface area contributed by atoms with E-state index >= 15 is 0 Å². The zero-order valence-corrected chi connectivity index (χ0v) is 20.3. The van der Waals surface area contributed by atoms with Crippen LogP contribution in [0.25, 0.3) is 11.0 Å². The third-order valence-corrected chi connectivity index (χ3v) is 6.43. The molecular formula is C23H25Cl2N5O4. The smallest absolute Gasteiger partial charge is 0.260 e. The number of carbonyl (C=O) groups excluding carboxylic acids is 1. The molecule has 0 unspecified atom stereocenters. The van der Waals surface area contributed by atoms with Gasteiger partial charge >= 0.3 is 0 Å². The van der Waals surface area contributed by atoms with Gasteiger partial charge in [0.15, 0.2) is 11.5 Å². The standard InChI is InChI=1S/C23H25Cl2N5O4/c1-33-20-8-13(7-19(31)22(20)34-2)11-27-29-21(32)12-30-18-10-16(25)15(24)9-17(18)28-23(30)14-3-5-26-6-4-14/h7-11,14,26,31H,3-6,12H2,1-2H3,(H,29,32)/b27-11+. The van der Waals surface area contributed by atoms with Crippen LogP contribution in [0.15, 0.2) is 29.4 Å². The fourth-order valence-corrected chi connectivity index (χ4v) is 4.41. The number of benzene rings is 2. The van der Waals surface area contributed by atoms with Crippen molar-refractivity contribution in [2.75, 3.05) is 27.3 Å². The zero-order valence-electron chi connectivity index (χ0n) is 18.8. The molecule has 1 saturated heterocycles. The maximum atomic E-state index is 12.8. The topological polar surface area (TPSA) is 110 Å². The number of nitrogens with one attached hydrogen (secondary N) is 2. The molecule has 4 rings (SSSR count). The Hall–Kier alpha value is -3.01. The van der Waals surface area contributed by atoms with Crippen molar-refractivity contribution < 1.29 is 19.4 Å². The van der Waals surface area contributed by atoms with Gasteiger partial charge in [-0.2, -0.15) is 5.10 Å². The summed E-state index contributed by atoms with van der Waals surface area (Å²) in [5, 5.41) is 18.3. The molecule has 180 valence electrons. The fraction of sp³-hybridized carbons (Fsp3) is 0.348. The molecule has 0 aliphatic carbocycles. The Morgan fingerprint density at radius 1 is 1.24 bits per heavy atom. The first-order valence-electron chi connectivity index (χ1n) is 10.7. The highest BCUT2D eigenvalue weighted by atomic mass is 35.5. The molecule has 2 heterocycles. The first kappa shape index (κ1) is 24.1. The number of nitrogens with zero attached hydrogens (tertiary/aromatic N) is 3. The molecule has 1 aliphatic heterocycles. The minimum absolute atomic E-state index is 0.0161. The van der Waals surface area contributed by atoms with Gasteiger partial charge in [-0.3, -0.25) is 4.79 Å². The van der Waals surface area contributed by atoms with Crippen molar-refractivity contribution in [2.45, 2.75) is 25.3 Å². The van der Waals surface area contributed by atoms with Gasteiger partial charge in [0.05, 0.1) is 41.5 Å². The van der Waals surface area contributed by atoms with Crippen molar-refractivity contribution in [3.8, 4) is 17.2 Å². The summed E-state index contributed by atoms with van der Waals surface area (Å²) < 4.78 is 12.2. The Morgan fingerprint density at radius 3 is 2.68 bits per heavy atom. The van der Waals surface area contributed by atoms with E-state index in [0.29, 0.717) is 26.9 Å². The van der Waals surface area contributed by atoms with Crippen LogP contribution in [0.5, 0.6) is 17.2 Å². The molecule has 0 radical (unpaired) electrons. The number of aromatic nitrogens is 2. The van der Waals surface area contributed by atoms with E-state index in [2.05, 4.69) is 15.8 Å². The van der Waals surface area contributed by atoms with Gasteiger partial charge in [-0.15, -0.1) is 0 Å². The second-order valence-corrected chi connectivity index (χ2v) is 8.72. The summed E-state index contributed by atoms with van der Waals surface area (Å²) in [6.07, 6.45) is 3.26. The summed E-state index contributed by atoms with van der Waals surface area (Å²) in [5.74, 6) is 1.20. The van der Waals surface area contributed by atoms with Crippen molar-refractivity contribution in [1.29, 1.82) is 0 Å². The Labute approximate surface area is 206 Å². The maximum Gasteiger partial charge on any atom is 0.260 e. The van der Waals surface area contributed by atoms with Gasteiger partial charge in [-0.1, -0.05) is 23.2 Å². The van der Waals surface area contributed by atoms with Gasteiger partial charge < -0.3 is 24.5 Å². The van der Waals surface area contributed by atoms with Crippen LogP contribution in [-0.4, -0.2) is 54.1 Å². The molecule has 3 aromatic rings. The van der Waals surface area contributed by atoms with Crippen LogP contribution >= 0.6 is 23.2 Å². The lowest BCUT2D eigenvalue weighted by Gasteiger charge is -2.23. The average molecular weight is 506 g/mol. The van der Waals surface area contributed by atoms with E-state index in [1.54, 1.807) is 18.2 Å². The molecule has 0 saturated carbocycles. The highest BCUT2D eigenvalue weighted by Gasteiger charge is 2.24. The molecular weight excluding hydrogens is 481 g/mol. The van der Waals surface area contributed by atoms with Crippen molar-refractivity contribution in [2.24, 2.45) is 5.10 Å². The van der Waals surface area contributed by atoms with Gasteiger partial charge in [0.1, 0.15) is 12.4 Å². The van der Waals surface area contributed by atoms with Gasteiger partial charge in [-0.25, -0.2) is 10.4 Å². The summed E-state index contributed by atoms with van der Waals surface area (Å²) in [6.45, 7) is 1.80. The number of fused-ring (bicyclic) bond motifs is 1. The summed E-state index contributed by atoms with van der Waals surface area (Å²) in [7, 11) is 2.90. The first-order valence-corrected chi connectivity index (χ1v) is 11.5. The number of aromatic hydroxyl groups is 1. The van der Waals surface area contributed by atoms with Crippen molar-refractivity contribution >= 4 is 46.4 Å². The summed E-state index contributed by atoms with van der Waals surface area (Å²) in [4.78, 5) is 17.6. The van der Waals surface area contributed by atoms with Gasteiger partial charge in [-0.05, 0) is 50.2 Å². The van der Waals surface area contributed by atoms with Gasteiger partial charge in [0, 0.05) is 11.5 Å². The van der Waals surface area contributed by atoms with Crippen LogP contribution in [0.1, 0.15) is 30.1 Å². The second kappa shape index (κ2) is 10.5. The van der Waals surface area contributed by atoms with Crippen LogP contribution in [0, 0.1) is 0 Å². The molecule has 34 heavy (non-hydrogen) atoms. The fourth-order valence-electron chi connectivity index (χ4n) is 4.09. The Bertz CT molecular complexity index is 1240. The number of hydrogen-bond donors (Lipinski definition) is 3. The van der Waals surface area contributed by atoms with Crippen LogP contribution in [0.3, 0.4) is 0 Å². The largest absolute Gasteiger partial charge is 0.504 e. The van der Waals surface area contributed by atoms with E-state index in [0.717, 1.165) is 37.3 Å². The van der Waals surface area contributed by atoms with Crippen molar-refractivity contribution in [3.05, 3.63) is 45.7 Å². The minimum Gasteiger partial charge on any atom is -0.504 e. The summed E-state index contributed by atoms with van der Waals surface area (Å²) >= 11 is 12.5. The van der Waals surface area contributed by atoms with Crippen LogP contribution < -0.4 is 20.2 Å². The number of piperidine rings is 1. The number of imidazole rings is 1. The number of methoxy groups -OCH3 is 2.